The van der Waals surface area contributed by atoms with Gasteiger partial charge in [-0.1, -0.05) is 30.3 Å². The SMILES string of the molecule is C=C(c1ccc(N2CCC[C@@H](NCC3CCC3)C2)cc1)n1cc(-c2cncc(N(C)C)c2)nn1. The predicted molar refractivity (Wildman–Crippen MR) is 139 cm³/mol. The lowest BCUT2D eigenvalue weighted by Gasteiger charge is -2.36. The molecule has 2 fully saturated rings. The van der Waals surface area contributed by atoms with E-state index in [0.717, 1.165) is 47.2 Å². The Bertz CT molecular complexity index is 1110. The zero-order chi connectivity index (χ0) is 23.5. The first kappa shape index (κ1) is 22.6. The first-order valence-corrected chi connectivity index (χ1v) is 12.4. The Labute approximate surface area is 202 Å². The molecule has 0 radical (unpaired) electrons. The summed E-state index contributed by atoms with van der Waals surface area (Å²) in [7, 11) is 4.00. The van der Waals surface area contributed by atoms with Crippen LogP contribution in [0.3, 0.4) is 0 Å². The number of nitrogens with zero attached hydrogens (tertiary/aromatic N) is 6. The van der Waals surface area contributed by atoms with Gasteiger partial charge in [-0.2, -0.15) is 0 Å². The lowest BCUT2D eigenvalue weighted by atomic mass is 9.85. The first-order valence-electron chi connectivity index (χ1n) is 12.4. The number of nitrogens with one attached hydrogen (secondary N) is 1. The van der Waals surface area contributed by atoms with Crippen molar-refractivity contribution in [3.05, 3.63) is 61.1 Å². The van der Waals surface area contributed by atoms with Crippen molar-refractivity contribution in [2.24, 2.45) is 5.92 Å². The van der Waals surface area contributed by atoms with Crippen molar-refractivity contribution in [2.45, 2.75) is 38.1 Å². The van der Waals surface area contributed by atoms with Gasteiger partial charge in [0.15, 0.2) is 0 Å². The topological polar surface area (TPSA) is 62.1 Å². The van der Waals surface area contributed by atoms with E-state index in [4.69, 9.17) is 0 Å². The van der Waals surface area contributed by atoms with Gasteiger partial charge in [-0.15, -0.1) is 5.10 Å². The normalized spacial score (nSPS) is 18.5. The van der Waals surface area contributed by atoms with Crippen LogP contribution in [0, 0.1) is 5.92 Å². The lowest BCUT2D eigenvalue weighted by Crippen LogP contribution is -2.47. The highest BCUT2D eigenvalue weighted by molar-refractivity contribution is 5.68. The third kappa shape index (κ3) is 4.99. The van der Waals surface area contributed by atoms with E-state index in [1.165, 1.54) is 44.3 Å². The Balaban J connectivity index is 1.23. The standard InChI is InChI=1S/C27H35N7/c1-20(34-19-27(30-31-34)23-14-26(32(2)3)17-28-16-23)22-9-11-25(12-10-22)33-13-5-8-24(18-33)29-15-21-6-4-7-21/h9-12,14,16-17,19,21,24,29H,1,4-8,13,15,18H2,2-3H3/t24-/m1/s1. The van der Waals surface area contributed by atoms with E-state index >= 15 is 0 Å². The largest absolute Gasteiger partial charge is 0.376 e. The minimum atomic E-state index is 0.595. The fourth-order valence-corrected chi connectivity index (χ4v) is 4.75. The van der Waals surface area contributed by atoms with E-state index in [-0.39, 0.29) is 0 Å². The number of hydrogen-bond donors (Lipinski definition) is 1. The Kier molecular flexibility index (Phi) is 6.63. The summed E-state index contributed by atoms with van der Waals surface area (Å²) in [4.78, 5) is 8.86. The zero-order valence-corrected chi connectivity index (χ0v) is 20.3. The highest BCUT2D eigenvalue weighted by Gasteiger charge is 2.23. The van der Waals surface area contributed by atoms with E-state index in [2.05, 4.69) is 62.4 Å². The van der Waals surface area contributed by atoms with E-state index in [0.29, 0.717) is 6.04 Å². The van der Waals surface area contributed by atoms with Crippen LogP contribution in [0.2, 0.25) is 0 Å². The van der Waals surface area contributed by atoms with Crippen molar-refractivity contribution in [3.8, 4) is 11.3 Å². The third-order valence-electron chi connectivity index (χ3n) is 7.21. The number of pyridine rings is 1. The maximum Gasteiger partial charge on any atom is 0.115 e. The summed E-state index contributed by atoms with van der Waals surface area (Å²) in [6.45, 7) is 7.66. The molecule has 7 heteroatoms. The number of anilines is 2. The van der Waals surface area contributed by atoms with Gasteiger partial charge in [-0.3, -0.25) is 4.98 Å². The Morgan fingerprint density at radius 3 is 2.68 bits per heavy atom. The predicted octanol–water partition coefficient (Wildman–Crippen LogP) is 4.28. The molecule has 3 aromatic rings. The molecular weight excluding hydrogens is 422 g/mol. The molecule has 1 saturated heterocycles. The van der Waals surface area contributed by atoms with E-state index in [1.54, 1.807) is 4.68 Å². The number of rotatable bonds is 8. The fraction of sp³-hybridized carbons (Fsp3) is 0.444. The van der Waals surface area contributed by atoms with Gasteiger partial charge in [0.1, 0.15) is 5.69 Å². The quantitative estimate of drug-likeness (QED) is 0.545. The second kappa shape index (κ2) is 9.97. The van der Waals surface area contributed by atoms with Crippen LogP contribution in [0.1, 0.15) is 37.7 Å². The molecule has 5 rings (SSSR count). The molecule has 178 valence electrons. The fourth-order valence-electron chi connectivity index (χ4n) is 4.75. The molecule has 1 saturated carbocycles. The van der Waals surface area contributed by atoms with Gasteiger partial charge in [0.05, 0.1) is 23.8 Å². The molecule has 0 spiro atoms. The van der Waals surface area contributed by atoms with Crippen LogP contribution in [0.15, 0.2) is 55.5 Å². The molecule has 0 amide bonds. The molecule has 3 heterocycles. The summed E-state index contributed by atoms with van der Waals surface area (Å²) in [5.74, 6) is 0.908. The molecule has 0 unspecified atom stereocenters. The average molecular weight is 458 g/mol. The maximum absolute atomic E-state index is 4.35. The van der Waals surface area contributed by atoms with E-state index in [1.807, 2.05) is 37.6 Å². The minimum Gasteiger partial charge on any atom is -0.376 e. The second-order valence-electron chi connectivity index (χ2n) is 9.86. The third-order valence-corrected chi connectivity index (χ3v) is 7.21. The number of aromatic nitrogens is 4. The van der Waals surface area contributed by atoms with Gasteiger partial charge in [-0.25, -0.2) is 4.68 Å². The molecule has 1 aliphatic carbocycles. The van der Waals surface area contributed by atoms with Crippen LogP contribution in [-0.2, 0) is 0 Å². The average Bonchev–Trinajstić information content (AvgIpc) is 3.33. The minimum absolute atomic E-state index is 0.595. The molecule has 2 aliphatic rings. The van der Waals surface area contributed by atoms with Gasteiger partial charge in [0.25, 0.3) is 0 Å². The molecule has 1 atom stereocenters. The number of hydrogen-bond acceptors (Lipinski definition) is 6. The van der Waals surface area contributed by atoms with Crippen LogP contribution < -0.4 is 15.1 Å². The van der Waals surface area contributed by atoms with Crippen LogP contribution in [0.25, 0.3) is 17.0 Å². The first-order chi connectivity index (χ1) is 16.6. The van der Waals surface area contributed by atoms with Crippen LogP contribution >= 0.6 is 0 Å². The van der Waals surface area contributed by atoms with Crippen molar-refractivity contribution < 1.29 is 0 Å². The maximum atomic E-state index is 4.35. The molecule has 1 aliphatic heterocycles. The summed E-state index contributed by atoms with van der Waals surface area (Å²) < 4.78 is 1.74. The monoisotopic (exact) mass is 457 g/mol. The molecular formula is C27H35N7. The molecule has 1 aromatic carbocycles. The summed E-state index contributed by atoms with van der Waals surface area (Å²) >= 11 is 0. The van der Waals surface area contributed by atoms with Gasteiger partial charge in [0.2, 0.25) is 0 Å². The highest BCUT2D eigenvalue weighted by Crippen LogP contribution is 2.27. The van der Waals surface area contributed by atoms with Gasteiger partial charge >= 0.3 is 0 Å². The molecule has 2 aromatic heterocycles. The van der Waals surface area contributed by atoms with Crippen LogP contribution in [-0.4, -0.2) is 59.7 Å². The van der Waals surface area contributed by atoms with Crippen molar-refractivity contribution >= 4 is 17.1 Å². The summed E-state index contributed by atoms with van der Waals surface area (Å²) in [5.41, 5.74) is 5.86. The molecule has 1 N–H and O–H groups in total. The smallest absolute Gasteiger partial charge is 0.115 e. The molecule has 7 nitrogen and oxygen atoms in total. The number of benzene rings is 1. The molecule has 34 heavy (non-hydrogen) atoms. The van der Waals surface area contributed by atoms with E-state index < -0.39 is 0 Å². The highest BCUT2D eigenvalue weighted by atomic mass is 15.4. The summed E-state index contributed by atoms with van der Waals surface area (Å²) in [5, 5.41) is 12.5. The summed E-state index contributed by atoms with van der Waals surface area (Å²) in [6.07, 6.45) is 12.3. The lowest BCUT2D eigenvalue weighted by molar-refractivity contribution is 0.280. The van der Waals surface area contributed by atoms with Gasteiger partial charge in [0, 0.05) is 50.7 Å². The zero-order valence-electron chi connectivity index (χ0n) is 20.3. The van der Waals surface area contributed by atoms with E-state index in [9.17, 15) is 0 Å². The van der Waals surface area contributed by atoms with Gasteiger partial charge in [-0.05, 0) is 61.9 Å². The Hall–Kier alpha value is -3.19. The van der Waals surface area contributed by atoms with Gasteiger partial charge < -0.3 is 15.1 Å². The van der Waals surface area contributed by atoms with Crippen LogP contribution in [0.4, 0.5) is 11.4 Å². The second-order valence-corrected chi connectivity index (χ2v) is 9.86. The van der Waals surface area contributed by atoms with Crippen molar-refractivity contribution in [2.75, 3.05) is 43.5 Å². The van der Waals surface area contributed by atoms with Crippen molar-refractivity contribution in [3.63, 3.8) is 0 Å². The van der Waals surface area contributed by atoms with Crippen molar-refractivity contribution in [1.29, 1.82) is 0 Å². The summed E-state index contributed by atoms with van der Waals surface area (Å²) in [6, 6.07) is 11.3. The van der Waals surface area contributed by atoms with Crippen molar-refractivity contribution in [1.82, 2.24) is 25.3 Å². The Morgan fingerprint density at radius 1 is 1.12 bits per heavy atom. The molecule has 0 bridgehead atoms. The van der Waals surface area contributed by atoms with Crippen LogP contribution in [0.5, 0.6) is 0 Å². The number of piperidine rings is 1. The Morgan fingerprint density at radius 2 is 1.94 bits per heavy atom.